The number of hydrogen-bond acceptors (Lipinski definition) is 5. The van der Waals surface area contributed by atoms with E-state index in [2.05, 4.69) is 16.3 Å². The van der Waals surface area contributed by atoms with E-state index in [9.17, 15) is 13.2 Å². The fourth-order valence-corrected chi connectivity index (χ4v) is 3.50. The van der Waals surface area contributed by atoms with E-state index in [-0.39, 0.29) is 6.61 Å². The first-order chi connectivity index (χ1) is 13.2. The molecule has 2 aromatic rings. The van der Waals surface area contributed by atoms with Crippen LogP contribution in [0.5, 0.6) is 0 Å². The number of aromatic nitrogens is 1. The maximum atomic E-state index is 12.7. The van der Waals surface area contributed by atoms with Crippen molar-refractivity contribution in [2.75, 3.05) is 17.6 Å². The van der Waals surface area contributed by atoms with Crippen molar-refractivity contribution in [2.24, 2.45) is 0 Å². The van der Waals surface area contributed by atoms with Gasteiger partial charge in [0.25, 0.3) is 0 Å². The van der Waals surface area contributed by atoms with Gasteiger partial charge in [0.05, 0.1) is 29.6 Å². The van der Waals surface area contributed by atoms with Crippen molar-refractivity contribution in [2.45, 2.75) is 20.8 Å². The Labute approximate surface area is 165 Å². The number of carbonyl (C=O) groups is 1. The predicted molar refractivity (Wildman–Crippen MR) is 114 cm³/mol. The zero-order valence-corrected chi connectivity index (χ0v) is 17.3. The van der Waals surface area contributed by atoms with E-state index in [0.29, 0.717) is 33.4 Å². The first-order valence-electron chi connectivity index (χ1n) is 8.76. The Balaban J connectivity index is 2.94. The van der Waals surface area contributed by atoms with Crippen molar-refractivity contribution in [3.05, 3.63) is 65.9 Å². The lowest BCUT2D eigenvalue weighted by Gasteiger charge is -2.16. The summed E-state index contributed by atoms with van der Waals surface area (Å²) in [5.41, 5.74) is 3.26. The van der Waals surface area contributed by atoms with Gasteiger partial charge in [-0.3, -0.25) is 9.71 Å². The molecular weight excluding hydrogens is 376 g/mol. The van der Waals surface area contributed by atoms with Gasteiger partial charge in [-0.25, -0.2) is 13.2 Å². The molecule has 0 aliphatic carbocycles. The summed E-state index contributed by atoms with van der Waals surface area (Å²) in [6.45, 7) is 9.34. The molecule has 0 saturated carbocycles. The third-order valence-corrected chi connectivity index (χ3v) is 4.49. The Hall–Kier alpha value is -2.93. The van der Waals surface area contributed by atoms with Crippen LogP contribution in [-0.2, 0) is 14.8 Å². The Morgan fingerprint density at radius 3 is 2.61 bits per heavy atom. The number of hydrogen-bond donors (Lipinski definition) is 1. The number of sulfonamides is 1. The molecular formula is C21H24N2O4S. The van der Waals surface area contributed by atoms with Gasteiger partial charge in [-0.15, -0.1) is 0 Å². The second kappa shape index (κ2) is 8.84. The second-order valence-electron chi connectivity index (χ2n) is 6.13. The normalized spacial score (nSPS) is 12.4. The number of nitrogens with one attached hydrogen (secondary N) is 1. The summed E-state index contributed by atoms with van der Waals surface area (Å²) in [6, 6.07) is 5.02. The number of anilines is 1. The number of ether oxygens (including phenoxy) is 1. The maximum Gasteiger partial charge on any atom is 0.340 e. The molecule has 1 aromatic heterocycles. The number of aryl methyl sites for hydroxylation is 1. The van der Waals surface area contributed by atoms with Crippen LogP contribution >= 0.6 is 0 Å². The Morgan fingerprint density at radius 2 is 2.04 bits per heavy atom. The van der Waals surface area contributed by atoms with E-state index in [4.69, 9.17) is 4.74 Å². The van der Waals surface area contributed by atoms with Crippen LogP contribution in [0.1, 0.15) is 35.5 Å². The number of nitrogens with zero attached hydrogens (tertiary/aromatic N) is 1. The summed E-state index contributed by atoms with van der Waals surface area (Å²) in [4.78, 5) is 17.2. The van der Waals surface area contributed by atoms with E-state index in [1.807, 2.05) is 19.1 Å². The van der Waals surface area contributed by atoms with Crippen molar-refractivity contribution in [1.29, 1.82) is 0 Å². The molecule has 1 aromatic carbocycles. The summed E-state index contributed by atoms with van der Waals surface area (Å²) in [7, 11) is -3.45. The van der Waals surface area contributed by atoms with Crippen LogP contribution in [0.4, 0.5) is 5.69 Å². The van der Waals surface area contributed by atoms with Gasteiger partial charge in [0.2, 0.25) is 10.0 Å². The van der Waals surface area contributed by atoms with Gasteiger partial charge in [-0.1, -0.05) is 30.9 Å². The minimum absolute atomic E-state index is 0.232. The monoisotopic (exact) mass is 400 g/mol. The molecule has 0 aliphatic heterocycles. The number of carbonyl (C=O) groups excluding carboxylic acids is 1. The Kier molecular flexibility index (Phi) is 6.75. The molecule has 0 bridgehead atoms. The van der Waals surface area contributed by atoms with Crippen molar-refractivity contribution in [3.63, 3.8) is 0 Å². The van der Waals surface area contributed by atoms with Crippen molar-refractivity contribution < 1.29 is 17.9 Å². The van der Waals surface area contributed by atoms with Crippen LogP contribution < -0.4 is 4.72 Å². The van der Waals surface area contributed by atoms with E-state index in [0.717, 1.165) is 11.8 Å². The van der Waals surface area contributed by atoms with Crippen LogP contribution in [-0.4, -0.2) is 32.2 Å². The molecule has 1 heterocycles. The minimum atomic E-state index is -3.45. The number of benzene rings is 1. The van der Waals surface area contributed by atoms with Gasteiger partial charge in [-0.2, -0.15) is 0 Å². The number of rotatable bonds is 7. The van der Waals surface area contributed by atoms with Crippen LogP contribution in [0.2, 0.25) is 0 Å². The Morgan fingerprint density at radius 1 is 1.32 bits per heavy atom. The van der Waals surface area contributed by atoms with Crippen LogP contribution in [0.15, 0.2) is 49.1 Å². The standard InChI is InChI=1S/C21H24N2O4S/c1-6-9-15(10-7-2)20-17-13-16(23-28(5,25)26)11-12-18(17)22-14(4)19(20)21(24)27-8-3/h6-7,9-13,23H,1,8H2,2-5H3. The first kappa shape index (κ1) is 21.4. The van der Waals surface area contributed by atoms with Crippen LogP contribution in [0, 0.1) is 6.92 Å². The maximum absolute atomic E-state index is 12.7. The molecule has 0 atom stereocenters. The second-order valence-corrected chi connectivity index (χ2v) is 7.88. The third-order valence-electron chi connectivity index (χ3n) is 3.88. The highest BCUT2D eigenvalue weighted by molar-refractivity contribution is 7.92. The fraction of sp³-hybridized carbons (Fsp3) is 0.238. The zero-order chi connectivity index (χ0) is 20.9. The van der Waals surface area contributed by atoms with E-state index >= 15 is 0 Å². The molecule has 0 unspecified atom stereocenters. The number of fused-ring (bicyclic) bond motifs is 1. The molecule has 148 valence electrons. The molecule has 0 radical (unpaired) electrons. The SMILES string of the molecule is C=CC=C(C=CC)c1c(C(=O)OCC)c(C)nc2ccc(NS(C)(=O)=O)cc12. The molecule has 0 amide bonds. The molecule has 0 saturated heterocycles. The van der Waals surface area contributed by atoms with Crippen molar-refractivity contribution in [3.8, 4) is 0 Å². The molecule has 7 heteroatoms. The largest absolute Gasteiger partial charge is 0.462 e. The zero-order valence-electron chi connectivity index (χ0n) is 16.4. The van der Waals surface area contributed by atoms with Gasteiger partial charge < -0.3 is 4.74 Å². The van der Waals surface area contributed by atoms with E-state index in [1.54, 1.807) is 44.2 Å². The molecule has 6 nitrogen and oxygen atoms in total. The summed E-state index contributed by atoms with van der Waals surface area (Å²) in [6.07, 6.45) is 8.20. The van der Waals surface area contributed by atoms with Gasteiger partial charge in [0.1, 0.15) is 0 Å². The van der Waals surface area contributed by atoms with Gasteiger partial charge in [0, 0.05) is 16.6 Å². The topological polar surface area (TPSA) is 85.4 Å². The molecule has 2 rings (SSSR count). The summed E-state index contributed by atoms with van der Waals surface area (Å²) >= 11 is 0. The molecule has 0 aliphatic rings. The summed E-state index contributed by atoms with van der Waals surface area (Å²) < 4.78 is 31.0. The molecule has 0 fully saturated rings. The first-order valence-corrected chi connectivity index (χ1v) is 10.7. The molecule has 1 N–H and O–H groups in total. The molecule has 28 heavy (non-hydrogen) atoms. The number of esters is 1. The van der Waals surface area contributed by atoms with E-state index in [1.165, 1.54) is 0 Å². The van der Waals surface area contributed by atoms with E-state index < -0.39 is 16.0 Å². The van der Waals surface area contributed by atoms with Crippen molar-refractivity contribution >= 4 is 38.2 Å². The Bertz CT molecular complexity index is 1080. The van der Waals surface area contributed by atoms with Crippen LogP contribution in [0.25, 0.3) is 16.5 Å². The third kappa shape index (κ3) is 4.86. The quantitative estimate of drug-likeness (QED) is 0.555. The van der Waals surface area contributed by atoms with Crippen molar-refractivity contribution in [1.82, 2.24) is 4.98 Å². The summed E-state index contributed by atoms with van der Waals surface area (Å²) in [5, 5.41) is 0.633. The average molecular weight is 401 g/mol. The average Bonchev–Trinajstić information content (AvgIpc) is 2.59. The lowest BCUT2D eigenvalue weighted by molar-refractivity contribution is 0.0525. The molecule has 0 spiro atoms. The fourth-order valence-electron chi connectivity index (χ4n) is 2.95. The van der Waals surface area contributed by atoms with Crippen LogP contribution in [0.3, 0.4) is 0 Å². The summed E-state index contributed by atoms with van der Waals surface area (Å²) in [5.74, 6) is -0.481. The number of pyridine rings is 1. The predicted octanol–water partition coefficient (Wildman–Crippen LogP) is 4.24. The smallest absolute Gasteiger partial charge is 0.340 e. The van der Waals surface area contributed by atoms with Gasteiger partial charge in [0.15, 0.2) is 0 Å². The highest BCUT2D eigenvalue weighted by Crippen LogP contribution is 2.33. The van der Waals surface area contributed by atoms with Gasteiger partial charge in [-0.05, 0) is 44.5 Å². The minimum Gasteiger partial charge on any atom is -0.462 e. The number of allylic oxidation sites excluding steroid dienone is 5. The highest BCUT2D eigenvalue weighted by atomic mass is 32.2. The highest BCUT2D eigenvalue weighted by Gasteiger charge is 2.22. The lowest BCUT2D eigenvalue weighted by atomic mass is 9.93. The van der Waals surface area contributed by atoms with Gasteiger partial charge >= 0.3 is 5.97 Å². The lowest BCUT2D eigenvalue weighted by Crippen LogP contribution is -2.13.